The lowest BCUT2D eigenvalue weighted by Crippen LogP contribution is -2.34. The fraction of sp³-hybridized carbons (Fsp3) is 0.217. The van der Waals surface area contributed by atoms with E-state index in [1.54, 1.807) is 61.7 Å². The molecule has 0 spiro atoms. The number of aliphatic hydroxyl groups excluding tert-OH is 1. The van der Waals surface area contributed by atoms with E-state index in [9.17, 15) is 9.90 Å². The van der Waals surface area contributed by atoms with Crippen LogP contribution in [0.15, 0.2) is 59.0 Å². The minimum absolute atomic E-state index is 0.0576. The number of hydrogen-bond donors (Lipinski definition) is 3. The molecule has 31 heavy (non-hydrogen) atoms. The maximum absolute atomic E-state index is 12.5. The first-order chi connectivity index (χ1) is 14.9. The second-order valence-corrected chi connectivity index (χ2v) is 7.35. The molecule has 0 saturated heterocycles. The van der Waals surface area contributed by atoms with Crippen LogP contribution in [-0.4, -0.2) is 29.3 Å². The van der Waals surface area contributed by atoms with Gasteiger partial charge in [0, 0.05) is 11.3 Å². The van der Waals surface area contributed by atoms with Crippen molar-refractivity contribution in [3.63, 3.8) is 0 Å². The molecule has 0 fully saturated rings. The van der Waals surface area contributed by atoms with E-state index in [2.05, 4.69) is 10.6 Å². The Morgan fingerprint density at radius 2 is 1.87 bits per heavy atom. The molecule has 0 saturated carbocycles. The number of benzene rings is 2. The van der Waals surface area contributed by atoms with Crippen molar-refractivity contribution in [3.05, 3.63) is 65.9 Å². The second-order valence-electron chi connectivity index (χ2n) is 6.94. The predicted octanol–water partition coefficient (Wildman–Crippen LogP) is 4.36. The normalized spacial score (nSPS) is 10.6. The number of ether oxygens (including phenoxy) is 2. The van der Waals surface area contributed by atoms with Crippen LogP contribution in [0.5, 0.6) is 11.5 Å². The zero-order valence-corrected chi connectivity index (χ0v) is 18.3. The molecule has 1 amide bonds. The SMILES string of the molecule is COc1ccc(NC(=S)NC(=O)c2ccc(OC(C)C)cc2)cc1-c1ccc(CO)o1. The summed E-state index contributed by atoms with van der Waals surface area (Å²) in [4.78, 5) is 12.5. The molecule has 1 aromatic heterocycles. The quantitative estimate of drug-likeness (QED) is 0.470. The van der Waals surface area contributed by atoms with Crippen molar-refractivity contribution in [1.29, 1.82) is 0 Å². The van der Waals surface area contributed by atoms with Crippen LogP contribution in [0.3, 0.4) is 0 Å². The molecule has 7 nitrogen and oxygen atoms in total. The van der Waals surface area contributed by atoms with Crippen molar-refractivity contribution in [2.75, 3.05) is 12.4 Å². The van der Waals surface area contributed by atoms with E-state index >= 15 is 0 Å². The number of aliphatic hydroxyl groups is 1. The van der Waals surface area contributed by atoms with E-state index in [0.29, 0.717) is 39.8 Å². The smallest absolute Gasteiger partial charge is 0.257 e. The molecular formula is C23H24N2O5S. The third-order valence-corrected chi connectivity index (χ3v) is 4.46. The Kier molecular flexibility index (Phi) is 7.28. The topological polar surface area (TPSA) is 93.0 Å². The van der Waals surface area contributed by atoms with Crippen molar-refractivity contribution < 1.29 is 23.8 Å². The van der Waals surface area contributed by atoms with Gasteiger partial charge in [0.1, 0.15) is 29.6 Å². The molecule has 0 aliphatic heterocycles. The first-order valence-corrected chi connectivity index (χ1v) is 10.1. The van der Waals surface area contributed by atoms with E-state index in [1.165, 1.54) is 0 Å². The molecule has 0 aliphatic rings. The number of hydrogen-bond acceptors (Lipinski definition) is 6. The lowest BCUT2D eigenvalue weighted by Gasteiger charge is -2.13. The number of furan rings is 1. The lowest BCUT2D eigenvalue weighted by atomic mass is 10.1. The summed E-state index contributed by atoms with van der Waals surface area (Å²) in [5, 5.41) is 15.0. The first-order valence-electron chi connectivity index (χ1n) is 9.66. The van der Waals surface area contributed by atoms with E-state index in [4.69, 9.17) is 26.1 Å². The Labute approximate surface area is 186 Å². The second kappa shape index (κ2) is 10.1. The fourth-order valence-electron chi connectivity index (χ4n) is 2.88. The van der Waals surface area contributed by atoms with Gasteiger partial charge in [-0.3, -0.25) is 10.1 Å². The maximum Gasteiger partial charge on any atom is 0.257 e. The molecular weight excluding hydrogens is 416 g/mol. The highest BCUT2D eigenvalue weighted by molar-refractivity contribution is 7.80. The molecule has 0 bridgehead atoms. The zero-order valence-electron chi connectivity index (χ0n) is 17.5. The van der Waals surface area contributed by atoms with Gasteiger partial charge in [-0.25, -0.2) is 0 Å². The number of rotatable bonds is 7. The van der Waals surface area contributed by atoms with Gasteiger partial charge < -0.3 is 24.3 Å². The van der Waals surface area contributed by atoms with Gasteiger partial charge in [0.05, 0.1) is 18.8 Å². The number of carbonyl (C=O) groups excluding carboxylic acids is 1. The van der Waals surface area contributed by atoms with Gasteiger partial charge in [0.15, 0.2) is 5.11 Å². The van der Waals surface area contributed by atoms with Crippen LogP contribution in [0.1, 0.15) is 30.0 Å². The minimum atomic E-state index is -0.332. The molecule has 1 heterocycles. The standard InChI is InChI=1S/C23H24N2O5S/c1-14(2)29-17-7-4-15(5-8-17)22(27)25-23(31)24-16-6-10-20(28-3)19(12-16)21-11-9-18(13-26)30-21/h4-12,14,26H,13H2,1-3H3,(H2,24,25,27,31). The average molecular weight is 441 g/mol. The largest absolute Gasteiger partial charge is 0.496 e. The first kappa shape index (κ1) is 22.3. The summed E-state index contributed by atoms with van der Waals surface area (Å²) in [6, 6.07) is 15.6. The van der Waals surface area contributed by atoms with Gasteiger partial charge in [-0.15, -0.1) is 0 Å². The third-order valence-electron chi connectivity index (χ3n) is 4.26. The number of carbonyl (C=O) groups is 1. The van der Waals surface area contributed by atoms with Gasteiger partial charge in [-0.2, -0.15) is 0 Å². The van der Waals surface area contributed by atoms with Crippen LogP contribution < -0.4 is 20.1 Å². The van der Waals surface area contributed by atoms with Crippen LogP contribution in [0, 0.1) is 0 Å². The molecule has 0 unspecified atom stereocenters. The summed E-state index contributed by atoms with van der Waals surface area (Å²) in [7, 11) is 1.56. The summed E-state index contributed by atoms with van der Waals surface area (Å²) in [5.74, 6) is 1.95. The minimum Gasteiger partial charge on any atom is -0.496 e. The van der Waals surface area contributed by atoms with Crippen LogP contribution in [0.25, 0.3) is 11.3 Å². The van der Waals surface area contributed by atoms with E-state index in [1.807, 2.05) is 13.8 Å². The fourth-order valence-corrected chi connectivity index (χ4v) is 3.09. The number of amides is 1. The summed E-state index contributed by atoms with van der Waals surface area (Å²) >= 11 is 5.28. The Bertz CT molecular complexity index is 1060. The highest BCUT2D eigenvalue weighted by Crippen LogP contribution is 2.33. The number of nitrogens with one attached hydrogen (secondary N) is 2. The van der Waals surface area contributed by atoms with Gasteiger partial charge in [-0.1, -0.05) is 0 Å². The van der Waals surface area contributed by atoms with Crippen molar-refractivity contribution in [2.45, 2.75) is 26.6 Å². The summed E-state index contributed by atoms with van der Waals surface area (Å²) in [6.07, 6.45) is 0.0576. The van der Waals surface area contributed by atoms with Gasteiger partial charge in [0.2, 0.25) is 0 Å². The summed E-state index contributed by atoms with van der Waals surface area (Å²) in [5.41, 5.74) is 1.79. The molecule has 0 radical (unpaired) electrons. The number of anilines is 1. The molecule has 2 aromatic carbocycles. The predicted molar refractivity (Wildman–Crippen MR) is 123 cm³/mol. The van der Waals surface area contributed by atoms with Crippen molar-refractivity contribution in [3.8, 4) is 22.8 Å². The van der Waals surface area contributed by atoms with Crippen LogP contribution in [0.2, 0.25) is 0 Å². The third kappa shape index (κ3) is 5.84. The highest BCUT2D eigenvalue weighted by atomic mass is 32.1. The monoisotopic (exact) mass is 440 g/mol. The van der Waals surface area contributed by atoms with Crippen molar-refractivity contribution >= 4 is 28.9 Å². The van der Waals surface area contributed by atoms with Crippen molar-refractivity contribution in [1.82, 2.24) is 5.32 Å². The number of methoxy groups -OCH3 is 1. The molecule has 162 valence electrons. The van der Waals surface area contributed by atoms with E-state index in [-0.39, 0.29) is 23.7 Å². The van der Waals surface area contributed by atoms with Crippen LogP contribution in [-0.2, 0) is 6.61 Å². The van der Waals surface area contributed by atoms with Gasteiger partial charge in [-0.05, 0) is 80.7 Å². The molecule has 0 aliphatic carbocycles. The summed E-state index contributed by atoms with van der Waals surface area (Å²) < 4.78 is 16.6. The van der Waals surface area contributed by atoms with E-state index in [0.717, 1.165) is 0 Å². The van der Waals surface area contributed by atoms with Crippen molar-refractivity contribution in [2.24, 2.45) is 0 Å². The van der Waals surface area contributed by atoms with Crippen LogP contribution >= 0.6 is 12.2 Å². The average Bonchev–Trinajstić information content (AvgIpc) is 3.23. The maximum atomic E-state index is 12.5. The number of thiocarbonyl (C=S) groups is 1. The molecule has 3 rings (SSSR count). The van der Waals surface area contributed by atoms with Gasteiger partial charge >= 0.3 is 0 Å². The Balaban J connectivity index is 1.68. The zero-order chi connectivity index (χ0) is 22.4. The van der Waals surface area contributed by atoms with Gasteiger partial charge in [0.25, 0.3) is 5.91 Å². The molecule has 3 aromatic rings. The van der Waals surface area contributed by atoms with Crippen LogP contribution in [0.4, 0.5) is 5.69 Å². The Hall–Kier alpha value is -3.36. The molecule has 3 N–H and O–H groups in total. The van der Waals surface area contributed by atoms with E-state index < -0.39 is 0 Å². The Morgan fingerprint density at radius 1 is 1.13 bits per heavy atom. The molecule has 0 atom stereocenters. The highest BCUT2D eigenvalue weighted by Gasteiger charge is 2.13. The Morgan fingerprint density at radius 3 is 2.48 bits per heavy atom. The lowest BCUT2D eigenvalue weighted by molar-refractivity contribution is 0.0977. The molecule has 8 heteroatoms. The summed E-state index contributed by atoms with van der Waals surface area (Å²) in [6.45, 7) is 3.68.